The van der Waals surface area contributed by atoms with E-state index in [2.05, 4.69) is 28.7 Å². The Kier molecular flexibility index (Phi) is 4.43. The van der Waals surface area contributed by atoms with Gasteiger partial charge in [0.05, 0.1) is 0 Å². The highest BCUT2D eigenvalue weighted by Gasteiger charge is 2.48. The zero-order valence-electron chi connectivity index (χ0n) is 13.7. The number of likely N-dealkylation sites (tertiary alicyclic amines) is 2. The summed E-state index contributed by atoms with van der Waals surface area (Å²) in [5, 5.41) is 0. The third-order valence-corrected chi connectivity index (χ3v) is 4.79. The standard InChI is InChI=1S/C17H26N4O/c1-14(2)9-20-6-5-17(10-20)11-21(12-17)16(22)4-3-15-7-18-13-19-8-15/h7-8,13-14H,3-6,9-12H2,1-2H3. The Hall–Kier alpha value is -1.49. The Labute approximate surface area is 132 Å². The van der Waals surface area contributed by atoms with E-state index in [1.165, 1.54) is 32.4 Å². The van der Waals surface area contributed by atoms with E-state index in [0.717, 1.165) is 31.0 Å². The SMILES string of the molecule is CC(C)CN1CCC2(C1)CN(C(=O)CCc1cncnc1)C2. The number of nitrogens with zero attached hydrogens (tertiary/aromatic N) is 4. The Morgan fingerprint density at radius 2 is 2.00 bits per heavy atom. The van der Waals surface area contributed by atoms with Crippen LogP contribution in [0.2, 0.25) is 0 Å². The predicted molar refractivity (Wildman–Crippen MR) is 85.3 cm³/mol. The van der Waals surface area contributed by atoms with Gasteiger partial charge in [0, 0.05) is 50.4 Å². The number of carbonyl (C=O) groups is 1. The maximum absolute atomic E-state index is 12.3. The molecule has 1 spiro atoms. The van der Waals surface area contributed by atoms with Gasteiger partial charge in [0.2, 0.25) is 5.91 Å². The van der Waals surface area contributed by atoms with Gasteiger partial charge in [-0.25, -0.2) is 9.97 Å². The van der Waals surface area contributed by atoms with Crippen molar-refractivity contribution in [2.45, 2.75) is 33.1 Å². The number of aryl methyl sites for hydroxylation is 1. The first-order chi connectivity index (χ1) is 10.6. The van der Waals surface area contributed by atoms with E-state index in [0.29, 0.717) is 11.8 Å². The molecule has 2 aliphatic heterocycles. The first-order valence-corrected chi connectivity index (χ1v) is 8.30. The number of rotatable bonds is 5. The van der Waals surface area contributed by atoms with Crippen LogP contribution >= 0.6 is 0 Å². The topological polar surface area (TPSA) is 49.3 Å². The molecule has 0 saturated carbocycles. The lowest BCUT2D eigenvalue weighted by Crippen LogP contribution is -2.59. The molecule has 2 aliphatic rings. The van der Waals surface area contributed by atoms with Crippen LogP contribution in [0.3, 0.4) is 0 Å². The van der Waals surface area contributed by atoms with Crippen molar-refractivity contribution in [3.05, 3.63) is 24.3 Å². The van der Waals surface area contributed by atoms with Crippen molar-refractivity contribution in [3.63, 3.8) is 0 Å². The van der Waals surface area contributed by atoms with Crippen LogP contribution in [0, 0.1) is 11.3 Å². The van der Waals surface area contributed by atoms with Crippen LogP contribution in [-0.4, -0.2) is 58.4 Å². The smallest absolute Gasteiger partial charge is 0.222 e. The zero-order chi connectivity index (χ0) is 15.6. The van der Waals surface area contributed by atoms with Gasteiger partial charge in [-0.2, -0.15) is 0 Å². The fourth-order valence-corrected chi connectivity index (χ4v) is 3.77. The Bertz CT molecular complexity index is 511. The summed E-state index contributed by atoms with van der Waals surface area (Å²) in [7, 11) is 0. The summed E-state index contributed by atoms with van der Waals surface area (Å²) in [5.74, 6) is 0.998. The molecule has 0 atom stereocenters. The van der Waals surface area contributed by atoms with Gasteiger partial charge in [-0.1, -0.05) is 13.8 Å². The number of hydrogen-bond acceptors (Lipinski definition) is 4. The summed E-state index contributed by atoms with van der Waals surface area (Å²) in [6.07, 6.45) is 7.66. The summed E-state index contributed by atoms with van der Waals surface area (Å²) >= 11 is 0. The second-order valence-electron chi connectivity index (χ2n) is 7.38. The summed E-state index contributed by atoms with van der Waals surface area (Å²) < 4.78 is 0. The van der Waals surface area contributed by atoms with Crippen molar-refractivity contribution in [2.24, 2.45) is 11.3 Å². The third kappa shape index (κ3) is 3.46. The molecule has 0 unspecified atom stereocenters. The second kappa shape index (κ2) is 6.32. The molecule has 0 aliphatic carbocycles. The molecule has 2 fully saturated rings. The molecule has 0 aromatic carbocycles. The molecule has 3 rings (SSSR count). The highest BCUT2D eigenvalue weighted by Crippen LogP contribution is 2.39. The van der Waals surface area contributed by atoms with E-state index in [4.69, 9.17) is 0 Å². The van der Waals surface area contributed by atoms with E-state index in [1.54, 1.807) is 12.4 Å². The van der Waals surface area contributed by atoms with Crippen molar-refractivity contribution in [3.8, 4) is 0 Å². The summed E-state index contributed by atoms with van der Waals surface area (Å²) in [5.41, 5.74) is 1.43. The molecule has 0 N–H and O–H groups in total. The van der Waals surface area contributed by atoms with Gasteiger partial charge in [0.1, 0.15) is 6.33 Å². The van der Waals surface area contributed by atoms with Crippen LogP contribution in [0.1, 0.15) is 32.3 Å². The molecule has 5 nitrogen and oxygen atoms in total. The number of aromatic nitrogens is 2. The van der Waals surface area contributed by atoms with Crippen LogP contribution in [0.5, 0.6) is 0 Å². The Morgan fingerprint density at radius 1 is 1.27 bits per heavy atom. The fraction of sp³-hybridized carbons (Fsp3) is 0.706. The first-order valence-electron chi connectivity index (χ1n) is 8.30. The van der Waals surface area contributed by atoms with E-state index in [9.17, 15) is 4.79 Å². The van der Waals surface area contributed by atoms with Crippen LogP contribution in [-0.2, 0) is 11.2 Å². The molecular formula is C17H26N4O. The average Bonchev–Trinajstić information content (AvgIpc) is 2.88. The first kappa shape index (κ1) is 15.4. The van der Waals surface area contributed by atoms with Gasteiger partial charge in [0.25, 0.3) is 0 Å². The van der Waals surface area contributed by atoms with Crippen molar-refractivity contribution < 1.29 is 4.79 Å². The molecule has 3 heterocycles. The monoisotopic (exact) mass is 302 g/mol. The van der Waals surface area contributed by atoms with E-state index >= 15 is 0 Å². The Balaban J connectivity index is 1.42. The second-order valence-corrected chi connectivity index (χ2v) is 7.38. The highest BCUT2D eigenvalue weighted by atomic mass is 16.2. The number of carbonyl (C=O) groups excluding carboxylic acids is 1. The van der Waals surface area contributed by atoms with E-state index in [1.807, 2.05) is 4.90 Å². The minimum atomic E-state index is 0.275. The van der Waals surface area contributed by atoms with E-state index < -0.39 is 0 Å². The van der Waals surface area contributed by atoms with Crippen LogP contribution in [0.25, 0.3) is 0 Å². The summed E-state index contributed by atoms with van der Waals surface area (Å²) in [6.45, 7) is 9.99. The van der Waals surface area contributed by atoms with Gasteiger partial charge >= 0.3 is 0 Å². The van der Waals surface area contributed by atoms with Crippen molar-refractivity contribution >= 4 is 5.91 Å². The van der Waals surface area contributed by atoms with Gasteiger partial charge in [-0.05, 0) is 30.9 Å². The quantitative estimate of drug-likeness (QED) is 0.829. The van der Waals surface area contributed by atoms with Gasteiger partial charge in [-0.15, -0.1) is 0 Å². The van der Waals surface area contributed by atoms with Gasteiger partial charge in [-0.3, -0.25) is 4.79 Å². The maximum atomic E-state index is 12.3. The predicted octanol–water partition coefficient (Wildman–Crippen LogP) is 1.60. The molecule has 5 heteroatoms. The fourth-order valence-electron chi connectivity index (χ4n) is 3.77. The molecule has 1 amide bonds. The summed E-state index contributed by atoms with van der Waals surface area (Å²) in [6, 6.07) is 0. The van der Waals surface area contributed by atoms with Crippen molar-refractivity contribution in [1.82, 2.24) is 19.8 Å². The third-order valence-electron chi connectivity index (χ3n) is 4.79. The van der Waals surface area contributed by atoms with Crippen LogP contribution in [0.15, 0.2) is 18.7 Å². The molecular weight excluding hydrogens is 276 g/mol. The zero-order valence-corrected chi connectivity index (χ0v) is 13.7. The molecule has 22 heavy (non-hydrogen) atoms. The highest BCUT2D eigenvalue weighted by molar-refractivity contribution is 5.77. The van der Waals surface area contributed by atoms with Gasteiger partial charge < -0.3 is 9.80 Å². The van der Waals surface area contributed by atoms with Crippen molar-refractivity contribution in [2.75, 3.05) is 32.7 Å². The van der Waals surface area contributed by atoms with E-state index in [-0.39, 0.29) is 5.91 Å². The maximum Gasteiger partial charge on any atom is 0.222 e. The normalized spacial score (nSPS) is 20.6. The molecule has 0 bridgehead atoms. The largest absolute Gasteiger partial charge is 0.341 e. The number of amides is 1. The van der Waals surface area contributed by atoms with Crippen LogP contribution in [0.4, 0.5) is 0 Å². The minimum absolute atomic E-state index is 0.275. The molecule has 2 saturated heterocycles. The minimum Gasteiger partial charge on any atom is -0.341 e. The average molecular weight is 302 g/mol. The molecule has 120 valence electrons. The summed E-state index contributed by atoms with van der Waals surface area (Å²) in [4.78, 5) is 24.8. The Morgan fingerprint density at radius 3 is 2.68 bits per heavy atom. The lowest BCUT2D eigenvalue weighted by Gasteiger charge is -2.48. The van der Waals surface area contributed by atoms with Crippen molar-refractivity contribution in [1.29, 1.82) is 0 Å². The number of hydrogen-bond donors (Lipinski definition) is 0. The molecule has 1 aromatic rings. The molecule has 0 radical (unpaired) electrons. The lowest BCUT2D eigenvalue weighted by molar-refractivity contribution is -0.142. The van der Waals surface area contributed by atoms with Gasteiger partial charge in [0.15, 0.2) is 0 Å². The van der Waals surface area contributed by atoms with Crippen LogP contribution < -0.4 is 0 Å². The lowest BCUT2D eigenvalue weighted by atomic mass is 9.79. The molecule has 1 aromatic heterocycles.